The molecule has 0 aliphatic carbocycles. The molecule has 0 saturated heterocycles. The van der Waals surface area contributed by atoms with Crippen molar-refractivity contribution in [3.8, 4) is 0 Å². The Labute approximate surface area is 110 Å². The predicted molar refractivity (Wildman–Crippen MR) is 68.4 cm³/mol. The zero-order valence-electron chi connectivity index (χ0n) is 8.23. The lowest BCUT2D eigenvalue weighted by Gasteiger charge is -2.01. The van der Waals surface area contributed by atoms with Crippen molar-refractivity contribution in [2.24, 2.45) is 0 Å². The summed E-state index contributed by atoms with van der Waals surface area (Å²) in [5, 5.41) is 4.04. The fraction of sp³-hybridized carbons (Fsp3) is 0.0909. The Balaban J connectivity index is 2.14. The van der Waals surface area contributed by atoms with Gasteiger partial charge in [-0.1, -0.05) is 28.1 Å². The number of carbonyl (C=O) groups excluding carboxylic acids is 1. The highest BCUT2D eigenvalue weighted by atomic mass is 79.9. The van der Waals surface area contributed by atoms with Gasteiger partial charge in [0, 0.05) is 16.2 Å². The first-order valence-electron chi connectivity index (χ1n) is 4.62. The van der Waals surface area contributed by atoms with Crippen LogP contribution in [0.25, 0.3) is 0 Å². The molecular formula is C11H8Br2N2O. The fourth-order valence-electron chi connectivity index (χ4n) is 1.33. The van der Waals surface area contributed by atoms with E-state index in [-0.39, 0.29) is 12.3 Å². The summed E-state index contributed by atoms with van der Waals surface area (Å²) >= 11 is 6.63. The van der Waals surface area contributed by atoms with Crippen LogP contribution in [0.4, 0.5) is 0 Å². The van der Waals surface area contributed by atoms with Crippen LogP contribution < -0.4 is 0 Å². The number of halogens is 2. The molecule has 0 fully saturated rings. The molecule has 0 N–H and O–H groups in total. The Morgan fingerprint density at radius 1 is 1.31 bits per heavy atom. The van der Waals surface area contributed by atoms with E-state index in [1.165, 1.54) is 0 Å². The molecule has 1 aromatic carbocycles. The van der Waals surface area contributed by atoms with Crippen molar-refractivity contribution in [1.82, 2.24) is 9.78 Å². The molecule has 0 saturated carbocycles. The van der Waals surface area contributed by atoms with E-state index < -0.39 is 0 Å². The minimum absolute atomic E-state index is 0.0388. The van der Waals surface area contributed by atoms with E-state index >= 15 is 0 Å². The first-order chi connectivity index (χ1) is 7.65. The van der Waals surface area contributed by atoms with Crippen LogP contribution in [0.3, 0.4) is 0 Å². The Kier molecular flexibility index (Phi) is 3.56. The van der Waals surface area contributed by atoms with Crippen molar-refractivity contribution in [1.29, 1.82) is 0 Å². The van der Waals surface area contributed by atoms with Crippen LogP contribution in [0.1, 0.15) is 10.4 Å². The molecule has 0 amide bonds. The van der Waals surface area contributed by atoms with Gasteiger partial charge in [0.25, 0.3) is 0 Å². The first kappa shape index (κ1) is 11.5. The highest BCUT2D eigenvalue weighted by molar-refractivity contribution is 9.10. The first-order valence-corrected chi connectivity index (χ1v) is 6.20. The number of hydrogen-bond acceptors (Lipinski definition) is 2. The van der Waals surface area contributed by atoms with Crippen molar-refractivity contribution in [3.63, 3.8) is 0 Å². The lowest BCUT2D eigenvalue weighted by Crippen LogP contribution is -2.10. The number of ketones is 1. The van der Waals surface area contributed by atoms with Crippen LogP contribution in [0.2, 0.25) is 0 Å². The number of hydrogen-bond donors (Lipinski definition) is 0. The van der Waals surface area contributed by atoms with Crippen LogP contribution in [-0.2, 0) is 6.54 Å². The van der Waals surface area contributed by atoms with Crippen LogP contribution in [-0.4, -0.2) is 15.6 Å². The van der Waals surface area contributed by atoms with Crippen molar-refractivity contribution >= 4 is 37.6 Å². The quantitative estimate of drug-likeness (QED) is 0.801. The van der Waals surface area contributed by atoms with E-state index in [0.717, 1.165) is 8.95 Å². The number of nitrogens with zero attached hydrogens (tertiary/aromatic N) is 2. The van der Waals surface area contributed by atoms with Crippen molar-refractivity contribution < 1.29 is 4.79 Å². The average molecular weight is 344 g/mol. The highest BCUT2D eigenvalue weighted by Gasteiger charge is 2.07. The molecule has 0 unspecified atom stereocenters. The van der Waals surface area contributed by atoms with Crippen molar-refractivity contribution in [2.45, 2.75) is 6.54 Å². The maximum atomic E-state index is 11.9. The third-order valence-corrected chi connectivity index (χ3v) is 2.96. The second kappa shape index (κ2) is 4.93. The van der Waals surface area contributed by atoms with Crippen molar-refractivity contribution in [2.75, 3.05) is 0 Å². The van der Waals surface area contributed by atoms with E-state index in [9.17, 15) is 4.79 Å². The second-order valence-electron chi connectivity index (χ2n) is 3.29. The Bertz CT molecular complexity index is 522. The summed E-state index contributed by atoms with van der Waals surface area (Å²) < 4.78 is 3.38. The summed E-state index contributed by atoms with van der Waals surface area (Å²) in [5.41, 5.74) is 0.681. The summed E-state index contributed by atoms with van der Waals surface area (Å²) in [6, 6.07) is 7.34. The minimum atomic E-state index is 0.0388. The lowest BCUT2D eigenvalue weighted by molar-refractivity contribution is 0.0967. The summed E-state index contributed by atoms with van der Waals surface area (Å²) in [5.74, 6) is 0.0388. The zero-order chi connectivity index (χ0) is 11.5. The minimum Gasteiger partial charge on any atom is -0.292 e. The molecule has 0 aliphatic heterocycles. The summed E-state index contributed by atoms with van der Waals surface area (Å²) in [6.07, 6.45) is 3.43. The smallest absolute Gasteiger partial charge is 0.184 e. The number of benzene rings is 1. The third kappa shape index (κ3) is 2.80. The molecule has 0 aliphatic rings. The summed E-state index contributed by atoms with van der Waals surface area (Å²) in [7, 11) is 0. The maximum Gasteiger partial charge on any atom is 0.184 e. The predicted octanol–water partition coefficient (Wildman–Crippen LogP) is 3.29. The van der Waals surface area contributed by atoms with Gasteiger partial charge >= 0.3 is 0 Å². The van der Waals surface area contributed by atoms with Gasteiger partial charge < -0.3 is 0 Å². The zero-order valence-corrected chi connectivity index (χ0v) is 11.4. The second-order valence-corrected chi connectivity index (χ2v) is 5.12. The molecule has 2 rings (SSSR count). The van der Waals surface area contributed by atoms with Gasteiger partial charge in [-0.3, -0.25) is 9.48 Å². The average Bonchev–Trinajstić information content (AvgIpc) is 2.64. The number of Topliss-reactive ketones (excluding diaryl/α,β-unsaturated/α-hetero) is 1. The molecule has 1 aromatic heterocycles. The maximum absolute atomic E-state index is 11.9. The number of aromatic nitrogens is 2. The molecule has 1 heterocycles. The van der Waals surface area contributed by atoms with Gasteiger partial charge in [0.1, 0.15) is 6.54 Å². The largest absolute Gasteiger partial charge is 0.292 e. The van der Waals surface area contributed by atoms with Crippen LogP contribution in [0, 0.1) is 0 Å². The highest BCUT2D eigenvalue weighted by Crippen LogP contribution is 2.13. The molecule has 0 bridgehead atoms. The number of carbonyl (C=O) groups is 1. The molecule has 0 spiro atoms. The van der Waals surface area contributed by atoms with Gasteiger partial charge in [0.15, 0.2) is 5.78 Å². The van der Waals surface area contributed by atoms with Gasteiger partial charge in [-0.15, -0.1) is 0 Å². The van der Waals surface area contributed by atoms with Crippen LogP contribution in [0.15, 0.2) is 45.6 Å². The molecule has 2 aromatic rings. The van der Waals surface area contributed by atoms with Gasteiger partial charge in [0.05, 0.1) is 10.7 Å². The lowest BCUT2D eigenvalue weighted by atomic mass is 10.1. The molecule has 0 atom stereocenters. The van der Waals surface area contributed by atoms with Crippen molar-refractivity contribution in [3.05, 3.63) is 51.2 Å². The van der Waals surface area contributed by atoms with E-state index in [0.29, 0.717) is 5.56 Å². The molecule has 82 valence electrons. The van der Waals surface area contributed by atoms with E-state index in [1.807, 2.05) is 12.1 Å². The standard InChI is InChI=1S/C11H8Br2N2O/c12-9-3-1-2-8(4-9)11(16)7-15-6-10(13)5-14-15/h1-6H,7H2. The molecule has 16 heavy (non-hydrogen) atoms. The summed E-state index contributed by atoms with van der Waals surface area (Å²) in [4.78, 5) is 11.9. The van der Waals surface area contributed by atoms with Crippen LogP contribution in [0.5, 0.6) is 0 Å². The van der Waals surface area contributed by atoms with Gasteiger partial charge in [0.2, 0.25) is 0 Å². The van der Waals surface area contributed by atoms with Gasteiger partial charge in [-0.05, 0) is 28.1 Å². The van der Waals surface area contributed by atoms with E-state index in [1.54, 1.807) is 29.2 Å². The third-order valence-electron chi connectivity index (χ3n) is 2.05. The SMILES string of the molecule is O=C(Cn1cc(Br)cn1)c1cccc(Br)c1. The molecular weight excluding hydrogens is 336 g/mol. The topological polar surface area (TPSA) is 34.9 Å². The van der Waals surface area contributed by atoms with Gasteiger partial charge in [-0.25, -0.2) is 0 Å². The normalized spacial score (nSPS) is 10.4. The Morgan fingerprint density at radius 2 is 2.12 bits per heavy atom. The molecule has 0 radical (unpaired) electrons. The van der Waals surface area contributed by atoms with E-state index in [2.05, 4.69) is 37.0 Å². The Hall–Kier alpha value is -0.940. The Morgan fingerprint density at radius 3 is 2.75 bits per heavy atom. The van der Waals surface area contributed by atoms with Crippen LogP contribution >= 0.6 is 31.9 Å². The molecule has 3 nitrogen and oxygen atoms in total. The molecule has 5 heteroatoms. The monoisotopic (exact) mass is 342 g/mol. The number of rotatable bonds is 3. The summed E-state index contributed by atoms with van der Waals surface area (Å²) in [6.45, 7) is 0.252. The van der Waals surface area contributed by atoms with Gasteiger partial charge in [-0.2, -0.15) is 5.10 Å². The van der Waals surface area contributed by atoms with E-state index in [4.69, 9.17) is 0 Å². The fourth-order valence-corrected chi connectivity index (χ4v) is 2.05.